The Morgan fingerprint density at radius 3 is 2.68 bits per heavy atom. The highest BCUT2D eigenvalue weighted by atomic mass is 32.2. The van der Waals surface area contributed by atoms with Gasteiger partial charge in [0.05, 0.1) is 5.56 Å². The van der Waals surface area contributed by atoms with Gasteiger partial charge in [0.1, 0.15) is 17.0 Å². The molecule has 1 aromatic carbocycles. The van der Waals surface area contributed by atoms with Crippen LogP contribution in [0, 0.1) is 13.8 Å². The Kier molecular flexibility index (Phi) is 3.97. The predicted octanol–water partition coefficient (Wildman–Crippen LogP) is 2.53. The normalized spacial score (nSPS) is 17.8. The summed E-state index contributed by atoms with van der Waals surface area (Å²) in [6.07, 6.45) is 2.34. The first-order valence-electron chi connectivity index (χ1n) is 8.74. The fourth-order valence-electron chi connectivity index (χ4n) is 3.72. The van der Waals surface area contributed by atoms with Crippen LogP contribution in [-0.2, 0) is 22.0 Å². The number of aromatic nitrogens is 2. The molecule has 0 unspecified atom stereocenters. The van der Waals surface area contributed by atoms with E-state index in [1.807, 2.05) is 0 Å². The lowest BCUT2D eigenvalue weighted by atomic mass is 9.86. The van der Waals surface area contributed by atoms with E-state index in [1.54, 1.807) is 20.9 Å². The zero-order valence-electron chi connectivity index (χ0n) is 15.6. The molecule has 0 amide bonds. The van der Waals surface area contributed by atoms with E-state index in [0.29, 0.717) is 23.1 Å². The number of aliphatic hydroxyl groups excluding tert-OH is 1. The fourth-order valence-corrected chi connectivity index (χ4v) is 4.90. The highest BCUT2D eigenvalue weighted by Crippen LogP contribution is 2.45. The molecule has 1 aliphatic heterocycles. The Morgan fingerprint density at radius 2 is 2.00 bits per heavy atom. The first kappa shape index (κ1) is 18.4. The molecule has 2 aliphatic rings. The largest absolute Gasteiger partial charge is 0.511 e. The summed E-state index contributed by atoms with van der Waals surface area (Å²) in [7, 11) is -2.43. The second-order valence-corrected chi connectivity index (χ2v) is 8.57. The molecule has 0 radical (unpaired) electrons. The second kappa shape index (κ2) is 6.03. The molecule has 0 saturated carbocycles. The van der Waals surface area contributed by atoms with E-state index >= 15 is 0 Å². The van der Waals surface area contributed by atoms with Gasteiger partial charge in [-0.2, -0.15) is 13.5 Å². The summed E-state index contributed by atoms with van der Waals surface area (Å²) in [5, 5.41) is 14.4. The van der Waals surface area contributed by atoms with Crippen molar-refractivity contribution in [2.45, 2.75) is 38.0 Å². The van der Waals surface area contributed by atoms with Gasteiger partial charge in [0, 0.05) is 31.6 Å². The van der Waals surface area contributed by atoms with Crippen molar-refractivity contribution in [1.29, 1.82) is 0 Å². The lowest BCUT2D eigenvalue weighted by Crippen LogP contribution is -2.22. The Balaban J connectivity index is 1.97. The number of benzene rings is 1. The third-order valence-electron chi connectivity index (χ3n) is 5.08. The van der Waals surface area contributed by atoms with Gasteiger partial charge < -0.3 is 9.29 Å². The van der Waals surface area contributed by atoms with Crippen LogP contribution in [0.4, 0.5) is 0 Å². The predicted molar refractivity (Wildman–Crippen MR) is 98.8 cm³/mol. The van der Waals surface area contributed by atoms with Crippen LogP contribution in [0.15, 0.2) is 28.5 Å². The summed E-state index contributed by atoms with van der Waals surface area (Å²) in [6.45, 7) is 3.27. The van der Waals surface area contributed by atoms with Crippen LogP contribution in [0.5, 0.6) is 5.75 Å². The standard InChI is InChI=1S/C19H18N2O6S/c1-9-7-11(18(24)16-12(22)5-4-6-13(16)23)10(2)15-17-14(8-21(3)20-17)28(25,26)27-19(9)15/h7-8,22H,4-6H2,1-3H3. The SMILES string of the molecule is Cc1cc(C(=O)C2=C(O)CCCC2=O)c(C)c2c1OS(=O)(=O)c1cn(C)nc1-2. The molecule has 1 aliphatic carbocycles. The van der Waals surface area contributed by atoms with Crippen LogP contribution in [0.3, 0.4) is 0 Å². The Bertz CT molecular complexity index is 1200. The van der Waals surface area contributed by atoms with E-state index in [9.17, 15) is 23.1 Å². The molecule has 9 heteroatoms. The molecule has 28 heavy (non-hydrogen) atoms. The van der Waals surface area contributed by atoms with Crippen LogP contribution < -0.4 is 4.18 Å². The molecule has 0 saturated heterocycles. The number of hydrogen-bond acceptors (Lipinski definition) is 7. The third kappa shape index (κ3) is 2.57. The first-order valence-corrected chi connectivity index (χ1v) is 10.2. The van der Waals surface area contributed by atoms with Crippen LogP contribution in [0.1, 0.15) is 40.7 Å². The number of fused-ring (bicyclic) bond motifs is 3. The Morgan fingerprint density at radius 1 is 1.29 bits per heavy atom. The number of hydrogen-bond donors (Lipinski definition) is 1. The molecule has 2 heterocycles. The topological polar surface area (TPSA) is 116 Å². The maximum Gasteiger partial charge on any atom is 0.343 e. The summed E-state index contributed by atoms with van der Waals surface area (Å²) in [5.74, 6) is -1.04. The Hall–Kier alpha value is -2.94. The van der Waals surface area contributed by atoms with Crippen molar-refractivity contribution in [1.82, 2.24) is 9.78 Å². The summed E-state index contributed by atoms with van der Waals surface area (Å²) in [5.41, 5.74) is 1.49. The van der Waals surface area contributed by atoms with Crippen LogP contribution >= 0.6 is 0 Å². The average Bonchev–Trinajstić information content (AvgIpc) is 3.00. The molecule has 0 bridgehead atoms. The van der Waals surface area contributed by atoms with E-state index in [2.05, 4.69) is 5.10 Å². The highest BCUT2D eigenvalue weighted by molar-refractivity contribution is 7.87. The highest BCUT2D eigenvalue weighted by Gasteiger charge is 2.37. The maximum absolute atomic E-state index is 13.1. The van der Waals surface area contributed by atoms with E-state index in [0.717, 1.165) is 0 Å². The van der Waals surface area contributed by atoms with Gasteiger partial charge in [0.15, 0.2) is 22.2 Å². The number of carbonyl (C=O) groups is 2. The third-order valence-corrected chi connectivity index (χ3v) is 6.30. The van der Waals surface area contributed by atoms with Crippen LogP contribution in [-0.4, -0.2) is 34.9 Å². The molecular weight excluding hydrogens is 384 g/mol. The molecule has 0 spiro atoms. The molecule has 146 valence electrons. The molecule has 1 aromatic heterocycles. The van der Waals surface area contributed by atoms with Crippen molar-refractivity contribution < 1.29 is 27.3 Å². The smallest absolute Gasteiger partial charge is 0.343 e. The van der Waals surface area contributed by atoms with Crippen molar-refractivity contribution in [3.8, 4) is 17.0 Å². The van der Waals surface area contributed by atoms with Crippen molar-refractivity contribution in [3.63, 3.8) is 0 Å². The van der Waals surface area contributed by atoms with Gasteiger partial charge in [-0.05, 0) is 37.5 Å². The van der Waals surface area contributed by atoms with Crippen LogP contribution in [0.2, 0.25) is 0 Å². The maximum atomic E-state index is 13.1. The molecule has 0 fully saturated rings. The average molecular weight is 402 g/mol. The minimum Gasteiger partial charge on any atom is -0.511 e. The summed E-state index contributed by atoms with van der Waals surface area (Å²) < 4.78 is 31.5. The van der Waals surface area contributed by atoms with Gasteiger partial charge in [-0.25, -0.2) is 0 Å². The number of aryl methyl sites for hydroxylation is 2. The van der Waals surface area contributed by atoms with Gasteiger partial charge in [-0.15, -0.1) is 0 Å². The number of carbonyl (C=O) groups excluding carboxylic acids is 2. The Labute approximate surface area is 161 Å². The fraction of sp³-hybridized carbons (Fsp3) is 0.316. The van der Waals surface area contributed by atoms with Crippen molar-refractivity contribution >= 4 is 21.7 Å². The molecule has 8 nitrogen and oxygen atoms in total. The van der Waals surface area contributed by atoms with E-state index in [4.69, 9.17) is 4.18 Å². The summed E-state index contributed by atoms with van der Waals surface area (Å²) in [4.78, 5) is 25.3. The van der Waals surface area contributed by atoms with Crippen LogP contribution in [0.25, 0.3) is 11.3 Å². The quantitative estimate of drug-likeness (QED) is 0.466. The number of rotatable bonds is 2. The van der Waals surface area contributed by atoms with Gasteiger partial charge in [-0.1, -0.05) is 0 Å². The van der Waals surface area contributed by atoms with Gasteiger partial charge in [0.25, 0.3) is 0 Å². The first-order chi connectivity index (χ1) is 13.1. The van der Waals surface area contributed by atoms with Gasteiger partial charge >= 0.3 is 10.1 Å². The summed E-state index contributed by atoms with van der Waals surface area (Å²) in [6, 6.07) is 1.49. The van der Waals surface area contributed by atoms with Crippen molar-refractivity contribution in [2.75, 3.05) is 0 Å². The van der Waals surface area contributed by atoms with E-state index in [1.165, 1.54) is 16.9 Å². The molecule has 4 rings (SSSR count). The minimum atomic E-state index is -4.02. The van der Waals surface area contributed by atoms with Gasteiger partial charge in [-0.3, -0.25) is 14.3 Å². The number of aliphatic hydroxyl groups is 1. The van der Waals surface area contributed by atoms with Crippen molar-refractivity contribution in [2.24, 2.45) is 7.05 Å². The summed E-state index contributed by atoms with van der Waals surface area (Å²) >= 11 is 0. The zero-order valence-corrected chi connectivity index (χ0v) is 16.4. The lowest BCUT2D eigenvalue weighted by molar-refractivity contribution is -0.116. The second-order valence-electron chi connectivity index (χ2n) is 7.05. The van der Waals surface area contributed by atoms with E-state index in [-0.39, 0.29) is 51.9 Å². The van der Waals surface area contributed by atoms with Gasteiger partial charge in [0.2, 0.25) is 0 Å². The lowest BCUT2D eigenvalue weighted by Gasteiger charge is -2.22. The zero-order chi connectivity index (χ0) is 20.4. The monoisotopic (exact) mass is 402 g/mol. The molecule has 0 atom stereocenters. The number of allylic oxidation sites excluding steroid dienone is 2. The molecule has 1 N–H and O–H groups in total. The number of Topliss-reactive ketones (excluding diaryl/α,β-unsaturated/α-hetero) is 2. The molecular formula is C19H18N2O6S. The van der Waals surface area contributed by atoms with Crippen molar-refractivity contribution in [3.05, 3.63) is 40.3 Å². The number of nitrogens with zero attached hydrogens (tertiary/aromatic N) is 2. The number of ketones is 2. The van der Waals surface area contributed by atoms with E-state index < -0.39 is 15.9 Å². The minimum absolute atomic E-state index is 0.0783. The molecule has 2 aromatic rings.